The lowest BCUT2D eigenvalue weighted by Gasteiger charge is -2.31. The molecule has 1 heterocycles. The molecule has 1 aliphatic rings. The highest BCUT2D eigenvalue weighted by molar-refractivity contribution is 5.94. The van der Waals surface area contributed by atoms with Crippen LogP contribution in [0.1, 0.15) is 24.0 Å². The van der Waals surface area contributed by atoms with Crippen molar-refractivity contribution >= 4 is 11.6 Å². The number of ether oxygens (including phenoxy) is 1. The van der Waals surface area contributed by atoms with Gasteiger partial charge in [-0.3, -0.25) is 4.79 Å². The molecule has 5 nitrogen and oxygen atoms in total. The van der Waals surface area contributed by atoms with Crippen molar-refractivity contribution in [2.45, 2.75) is 31.2 Å². The van der Waals surface area contributed by atoms with Crippen LogP contribution in [0.4, 0.5) is 13.2 Å². The molecule has 1 atom stereocenters. The Hall–Kier alpha value is -2.87. The lowest BCUT2D eigenvalue weighted by molar-refractivity contribution is -0.157. The van der Waals surface area contributed by atoms with E-state index in [1.165, 1.54) is 25.3 Å². The zero-order valence-electron chi connectivity index (χ0n) is 15.1. The van der Waals surface area contributed by atoms with Gasteiger partial charge in [0.25, 0.3) is 0 Å². The highest BCUT2D eigenvalue weighted by atomic mass is 19.4. The molecule has 28 heavy (non-hydrogen) atoms. The Balaban J connectivity index is 1.90. The van der Waals surface area contributed by atoms with Crippen molar-refractivity contribution in [3.05, 3.63) is 65.7 Å². The standard InChI is InChI=1S/C20H19F3N2O3/c1-28-16-9-5-8-15(12-16)19(27)13-17(20(21,22)23)24-25(19)18(26)11-10-14-6-3-2-4-7-14/h2-9,12,27H,10-11,13H2,1H3/t19-/m1/s1. The molecular formula is C20H19F3N2O3. The van der Waals surface area contributed by atoms with Gasteiger partial charge in [0.05, 0.1) is 13.5 Å². The van der Waals surface area contributed by atoms with Crippen LogP contribution >= 0.6 is 0 Å². The van der Waals surface area contributed by atoms with Gasteiger partial charge in [0.15, 0.2) is 5.72 Å². The maximum absolute atomic E-state index is 13.2. The molecule has 1 aliphatic heterocycles. The second-order valence-electron chi connectivity index (χ2n) is 6.46. The first-order chi connectivity index (χ1) is 13.2. The summed E-state index contributed by atoms with van der Waals surface area (Å²) in [7, 11) is 1.40. The highest BCUT2D eigenvalue weighted by Crippen LogP contribution is 2.40. The molecule has 2 aromatic rings. The van der Waals surface area contributed by atoms with Gasteiger partial charge in [0.2, 0.25) is 5.91 Å². The Morgan fingerprint density at radius 2 is 1.93 bits per heavy atom. The number of rotatable bonds is 5. The fraction of sp³-hybridized carbons (Fsp3) is 0.300. The number of alkyl halides is 3. The molecule has 0 fully saturated rings. The van der Waals surface area contributed by atoms with Gasteiger partial charge in [-0.05, 0) is 24.1 Å². The van der Waals surface area contributed by atoms with Gasteiger partial charge in [-0.25, -0.2) is 0 Å². The fourth-order valence-corrected chi connectivity index (χ4v) is 3.06. The fourth-order valence-electron chi connectivity index (χ4n) is 3.06. The number of halogens is 3. The number of hydrazone groups is 1. The molecule has 1 N–H and O–H groups in total. The van der Waals surface area contributed by atoms with E-state index in [1.54, 1.807) is 6.07 Å². The zero-order chi connectivity index (χ0) is 20.4. The van der Waals surface area contributed by atoms with Gasteiger partial charge in [-0.1, -0.05) is 42.5 Å². The molecule has 0 aromatic heterocycles. The van der Waals surface area contributed by atoms with E-state index in [2.05, 4.69) is 5.10 Å². The molecule has 0 bridgehead atoms. The summed E-state index contributed by atoms with van der Waals surface area (Å²) in [6, 6.07) is 15.0. The van der Waals surface area contributed by atoms with Crippen LogP contribution in [0.2, 0.25) is 0 Å². The van der Waals surface area contributed by atoms with Crippen LogP contribution in [0, 0.1) is 0 Å². The summed E-state index contributed by atoms with van der Waals surface area (Å²) in [6.07, 6.45) is -5.37. The number of amides is 1. The lowest BCUT2D eigenvalue weighted by Crippen LogP contribution is -2.43. The summed E-state index contributed by atoms with van der Waals surface area (Å²) in [5, 5.41) is 15.1. The van der Waals surface area contributed by atoms with Gasteiger partial charge in [0, 0.05) is 12.0 Å². The number of hydrogen-bond donors (Lipinski definition) is 1. The molecule has 0 spiro atoms. The number of aliphatic hydroxyl groups is 1. The Kier molecular flexibility index (Phi) is 5.42. The predicted octanol–water partition coefficient (Wildman–Crippen LogP) is 3.62. The third kappa shape index (κ3) is 4.01. The monoisotopic (exact) mass is 392 g/mol. The van der Waals surface area contributed by atoms with Crippen molar-refractivity contribution < 1.29 is 27.8 Å². The van der Waals surface area contributed by atoms with Crippen LogP contribution in [0.3, 0.4) is 0 Å². The van der Waals surface area contributed by atoms with Crippen LogP contribution in [0.5, 0.6) is 5.75 Å². The van der Waals surface area contributed by atoms with Crippen LogP contribution < -0.4 is 4.74 Å². The topological polar surface area (TPSA) is 62.1 Å². The zero-order valence-corrected chi connectivity index (χ0v) is 15.1. The second kappa shape index (κ2) is 7.63. The van der Waals surface area contributed by atoms with Crippen LogP contribution in [0.15, 0.2) is 59.7 Å². The number of methoxy groups -OCH3 is 1. The minimum absolute atomic E-state index is 0.0923. The van der Waals surface area contributed by atoms with E-state index < -0.39 is 29.9 Å². The van der Waals surface area contributed by atoms with Crippen LogP contribution in [0.25, 0.3) is 0 Å². The summed E-state index contributed by atoms with van der Waals surface area (Å²) >= 11 is 0. The first kappa shape index (κ1) is 19.9. The number of nitrogens with zero attached hydrogens (tertiary/aromatic N) is 2. The SMILES string of the molecule is COc1cccc([C@]2(O)CC(C(F)(F)F)=NN2C(=O)CCc2ccccc2)c1. The third-order valence-corrected chi connectivity index (χ3v) is 4.55. The van der Waals surface area contributed by atoms with Crippen molar-refractivity contribution in [1.29, 1.82) is 0 Å². The maximum atomic E-state index is 13.2. The maximum Gasteiger partial charge on any atom is 0.431 e. The minimum Gasteiger partial charge on any atom is -0.497 e. The highest BCUT2D eigenvalue weighted by Gasteiger charge is 2.52. The number of carbonyl (C=O) groups excluding carboxylic acids is 1. The van der Waals surface area contributed by atoms with Crippen molar-refractivity contribution in [3.8, 4) is 5.75 Å². The van der Waals surface area contributed by atoms with Gasteiger partial charge < -0.3 is 9.84 Å². The molecule has 0 unspecified atom stereocenters. The van der Waals surface area contributed by atoms with E-state index in [0.717, 1.165) is 5.56 Å². The molecule has 0 saturated heterocycles. The molecule has 3 rings (SSSR count). The molecule has 2 aromatic carbocycles. The summed E-state index contributed by atoms with van der Waals surface area (Å²) < 4.78 is 44.8. The largest absolute Gasteiger partial charge is 0.497 e. The lowest BCUT2D eigenvalue weighted by atomic mass is 9.96. The van der Waals surface area contributed by atoms with Gasteiger partial charge in [0.1, 0.15) is 11.5 Å². The first-order valence-electron chi connectivity index (χ1n) is 8.62. The summed E-state index contributed by atoms with van der Waals surface area (Å²) in [5.41, 5.74) is -2.47. The Morgan fingerprint density at radius 1 is 1.21 bits per heavy atom. The molecule has 148 valence electrons. The first-order valence-corrected chi connectivity index (χ1v) is 8.62. The van der Waals surface area contributed by atoms with Crippen molar-refractivity contribution in [2.75, 3.05) is 7.11 Å². The Morgan fingerprint density at radius 3 is 2.57 bits per heavy atom. The van der Waals surface area contributed by atoms with Crippen molar-refractivity contribution in [3.63, 3.8) is 0 Å². The summed E-state index contributed by atoms with van der Waals surface area (Å²) in [5.74, 6) is -0.350. The number of aryl methyl sites for hydroxylation is 1. The number of hydrogen-bond acceptors (Lipinski definition) is 4. The molecule has 0 saturated carbocycles. The van der Waals surface area contributed by atoms with E-state index in [9.17, 15) is 23.1 Å². The number of carbonyl (C=O) groups is 1. The van der Waals surface area contributed by atoms with E-state index in [4.69, 9.17) is 4.74 Å². The Bertz CT molecular complexity index is 884. The van der Waals surface area contributed by atoms with Gasteiger partial charge in [-0.15, -0.1) is 0 Å². The van der Waals surface area contributed by atoms with Crippen molar-refractivity contribution in [1.82, 2.24) is 5.01 Å². The second-order valence-corrected chi connectivity index (χ2v) is 6.46. The quantitative estimate of drug-likeness (QED) is 0.845. The van der Waals surface area contributed by atoms with Crippen molar-refractivity contribution in [2.24, 2.45) is 5.10 Å². The van der Waals surface area contributed by atoms with E-state index in [1.807, 2.05) is 30.3 Å². The normalized spacial score (nSPS) is 19.5. The number of benzene rings is 2. The predicted molar refractivity (Wildman–Crippen MR) is 96.6 cm³/mol. The van der Waals surface area contributed by atoms with Gasteiger partial charge in [-0.2, -0.15) is 23.3 Å². The molecule has 0 radical (unpaired) electrons. The van der Waals surface area contributed by atoms with E-state index >= 15 is 0 Å². The van der Waals surface area contributed by atoms with Crippen LogP contribution in [-0.4, -0.2) is 35.0 Å². The van der Waals surface area contributed by atoms with Gasteiger partial charge >= 0.3 is 6.18 Å². The molecular weight excluding hydrogens is 373 g/mol. The summed E-state index contributed by atoms with van der Waals surface area (Å²) in [4.78, 5) is 12.7. The summed E-state index contributed by atoms with van der Waals surface area (Å²) in [6.45, 7) is 0. The molecule has 0 aliphatic carbocycles. The average Bonchev–Trinajstić information content (AvgIpc) is 3.06. The van der Waals surface area contributed by atoms with E-state index in [-0.39, 0.29) is 12.0 Å². The molecule has 8 heteroatoms. The third-order valence-electron chi connectivity index (χ3n) is 4.55. The van der Waals surface area contributed by atoms with E-state index in [0.29, 0.717) is 17.2 Å². The van der Waals surface area contributed by atoms with Crippen LogP contribution in [-0.2, 0) is 16.9 Å². The minimum atomic E-state index is -4.75. The average molecular weight is 392 g/mol. The smallest absolute Gasteiger partial charge is 0.431 e. The Labute approximate surface area is 160 Å². The molecule has 1 amide bonds.